The number of hydrogen-bond donors (Lipinski definition) is 2. The molecule has 1 fully saturated rings. The number of nitro benzene ring substituents is 1. The van der Waals surface area contributed by atoms with Crippen molar-refractivity contribution in [1.29, 1.82) is 0 Å². The van der Waals surface area contributed by atoms with Crippen LogP contribution in [0.2, 0.25) is 0 Å². The molecule has 1 aliphatic carbocycles. The SMILES string of the molecule is O=C(NC1CCCC1C(=O)O)c1cccc([N+](=O)[O-])c1Br. The lowest BCUT2D eigenvalue weighted by Crippen LogP contribution is -2.40. The van der Waals surface area contributed by atoms with E-state index < -0.39 is 28.8 Å². The van der Waals surface area contributed by atoms with Gasteiger partial charge in [-0.25, -0.2) is 0 Å². The zero-order chi connectivity index (χ0) is 15.6. The van der Waals surface area contributed by atoms with Gasteiger partial charge in [-0.15, -0.1) is 0 Å². The topological polar surface area (TPSA) is 110 Å². The Labute approximate surface area is 128 Å². The van der Waals surface area contributed by atoms with Gasteiger partial charge in [0.05, 0.1) is 16.4 Å². The Morgan fingerprint density at radius 3 is 2.71 bits per heavy atom. The van der Waals surface area contributed by atoms with E-state index in [4.69, 9.17) is 5.11 Å². The van der Waals surface area contributed by atoms with E-state index in [1.54, 1.807) is 0 Å². The molecule has 0 spiro atoms. The van der Waals surface area contributed by atoms with Crippen molar-refractivity contribution in [1.82, 2.24) is 5.32 Å². The summed E-state index contributed by atoms with van der Waals surface area (Å²) in [5.41, 5.74) is -0.0795. The van der Waals surface area contributed by atoms with E-state index in [2.05, 4.69) is 21.2 Å². The maximum atomic E-state index is 12.2. The van der Waals surface area contributed by atoms with Crippen LogP contribution in [0.15, 0.2) is 22.7 Å². The number of amides is 1. The highest BCUT2D eigenvalue weighted by Gasteiger charge is 2.34. The van der Waals surface area contributed by atoms with Crippen molar-refractivity contribution >= 4 is 33.5 Å². The van der Waals surface area contributed by atoms with E-state index in [1.165, 1.54) is 18.2 Å². The molecule has 0 radical (unpaired) electrons. The van der Waals surface area contributed by atoms with Crippen LogP contribution in [0.4, 0.5) is 5.69 Å². The van der Waals surface area contributed by atoms with E-state index in [1.807, 2.05) is 0 Å². The van der Waals surface area contributed by atoms with Gasteiger partial charge in [0.25, 0.3) is 11.6 Å². The lowest BCUT2D eigenvalue weighted by Gasteiger charge is -2.17. The normalized spacial score (nSPS) is 21.0. The summed E-state index contributed by atoms with van der Waals surface area (Å²) in [6.45, 7) is 0. The van der Waals surface area contributed by atoms with Crippen LogP contribution < -0.4 is 5.32 Å². The molecular weight excluding hydrogens is 344 g/mol. The van der Waals surface area contributed by atoms with Crippen LogP contribution in [-0.2, 0) is 4.79 Å². The fourth-order valence-electron chi connectivity index (χ4n) is 2.51. The molecule has 2 rings (SSSR count). The Balaban J connectivity index is 2.19. The second-order valence-electron chi connectivity index (χ2n) is 4.85. The van der Waals surface area contributed by atoms with Gasteiger partial charge in [0.15, 0.2) is 0 Å². The highest BCUT2D eigenvalue weighted by molar-refractivity contribution is 9.10. The standard InChI is InChI=1S/C13H13BrN2O5/c14-11-8(4-2-6-10(11)16(20)21)12(17)15-9-5-1-3-7(9)13(18)19/h2,4,6-7,9H,1,3,5H2,(H,15,17)(H,18,19). The van der Waals surface area contributed by atoms with Crippen molar-refractivity contribution in [3.05, 3.63) is 38.3 Å². The minimum atomic E-state index is -0.934. The van der Waals surface area contributed by atoms with Crippen LogP contribution in [0.1, 0.15) is 29.6 Å². The number of carbonyl (C=O) groups excluding carboxylic acids is 1. The minimum absolute atomic E-state index is 0.0948. The minimum Gasteiger partial charge on any atom is -0.481 e. The first-order valence-electron chi connectivity index (χ1n) is 6.38. The number of aliphatic carboxylic acids is 1. The summed E-state index contributed by atoms with van der Waals surface area (Å²) >= 11 is 3.06. The zero-order valence-electron chi connectivity index (χ0n) is 10.9. The third-order valence-corrected chi connectivity index (χ3v) is 4.40. The maximum Gasteiger partial charge on any atom is 0.308 e. The first-order valence-corrected chi connectivity index (χ1v) is 7.17. The number of carboxylic acids is 1. The molecule has 0 aromatic heterocycles. The first kappa shape index (κ1) is 15.4. The number of benzene rings is 1. The molecule has 1 amide bonds. The van der Waals surface area contributed by atoms with Gasteiger partial charge in [0.1, 0.15) is 4.47 Å². The van der Waals surface area contributed by atoms with Crippen molar-refractivity contribution in [2.24, 2.45) is 5.92 Å². The third-order valence-electron chi connectivity index (χ3n) is 3.57. The smallest absolute Gasteiger partial charge is 0.308 e. The van der Waals surface area contributed by atoms with Crippen LogP contribution in [0.25, 0.3) is 0 Å². The fraction of sp³-hybridized carbons (Fsp3) is 0.385. The maximum absolute atomic E-state index is 12.2. The summed E-state index contributed by atoms with van der Waals surface area (Å²) in [6.07, 6.45) is 1.85. The van der Waals surface area contributed by atoms with Gasteiger partial charge >= 0.3 is 5.97 Å². The number of nitrogens with zero attached hydrogens (tertiary/aromatic N) is 1. The van der Waals surface area contributed by atoms with Gasteiger partial charge in [-0.1, -0.05) is 12.5 Å². The molecule has 0 saturated heterocycles. The number of carboxylic acid groups (broad SMARTS) is 1. The van der Waals surface area contributed by atoms with E-state index in [9.17, 15) is 19.7 Å². The van der Waals surface area contributed by atoms with Gasteiger partial charge in [-0.05, 0) is 34.8 Å². The number of halogens is 1. The van der Waals surface area contributed by atoms with E-state index in [0.717, 1.165) is 6.42 Å². The number of rotatable bonds is 4. The monoisotopic (exact) mass is 356 g/mol. The summed E-state index contributed by atoms with van der Waals surface area (Å²) in [4.78, 5) is 33.6. The summed E-state index contributed by atoms with van der Waals surface area (Å²) in [5, 5.41) is 22.6. The summed E-state index contributed by atoms with van der Waals surface area (Å²) in [5.74, 6) is -2.05. The predicted octanol–water partition coefficient (Wildman–Crippen LogP) is 2.34. The van der Waals surface area contributed by atoms with Crippen molar-refractivity contribution in [2.75, 3.05) is 0 Å². The number of nitro groups is 1. The van der Waals surface area contributed by atoms with E-state index in [0.29, 0.717) is 12.8 Å². The molecule has 2 unspecified atom stereocenters. The molecule has 0 bridgehead atoms. The zero-order valence-corrected chi connectivity index (χ0v) is 12.5. The molecule has 2 N–H and O–H groups in total. The van der Waals surface area contributed by atoms with Crippen molar-refractivity contribution < 1.29 is 19.6 Å². The molecule has 2 atom stereocenters. The summed E-state index contributed by atoms with van der Waals surface area (Å²) in [6, 6.07) is 3.72. The summed E-state index contributed by atoms with van der Waals surface area (Å²) in [7, 11) is 0. The van der Waals surface area contributed by atoms with Gasteiger partial charge in [0.2, 0.25) is 0 Å². The third kappa shape index (κ3) is 3.21. The average molecular weight is 357 g/mol. The highest BCUT2D eigenvalue weighted by Crippen LogP contribution is 2.30. The van der Waals surface area contributed by atoms with Crippen molar-refractivity contribution in [3.8, 4) is 0 Å². The largest absolute Gasteiger partial charge is 0.481 e. The number of nitrogens with one attached hydrogen (secondary N) is 1. The quantitative estimate of drug-likeness (QED) is 0.635. The van der Waals surface area contributed by atoms with Crippen molar-refractivity contribution in [3.63, 3.8) is 0 Å². The summed E-state index contributed by atoms with van der Waals surface area (Å²) < 4.78 is 0.0948. The highest BCUT2D eigenvalue weighted by atomic mass is 79.9. The molecule has 1 aromatic carbocycles. The Morgan fingerprint density at radius 2 is 2.10 bits per heavy atom. The van der Waals surface area contributed by atoms with Crippen LogP contribution in [0.5, 0.6) is 0 Å². The van der Waals surface area contributed by atoms with Crippen LogP contribution in [0, 0.1) is 16.0 Å². The van der Waals surface area contributed by atoms with Crippen LogP contribution >= 0.6 is 15.9 Å². The first-order chi connectivity index (χ1) is 9.91. The second kappa shape index (κ2) is 6.21. The molecule has 1 aromatic rings. The lowest BCUT2D eigenvalue weighted by atomic mass is 10.0. The van der Waals surface area contributed by atoms with E-state index >= 15 is 0 Å². The van der Waals surface area contributed by atoms with Gasteiger partial charge < -0.3 is 10.4 Å². The molecule has 1 aliphatic rings. The van der Waals surface area contributed by atoms with Crippen LogP contribution in [-0.4, -0.2) is 27.9 Å². The van der Waals surface area contributed by atoms with Crippen LogP contribution in [0.3, 0.4) is 0 Å². The van der Waals surface area contributed by atoms with Gasteiger partial charge in [-0.2, -0.15) is 0 Å². The van der Waals surface area contributed by atoms with Gasteiger partial charge in [0, 0.05) is 12.1 Å². The molecule has 0 heterocycles. The Hall–Kier alpha value is -1.96. The Bertz CT molecular complexity index is 604. The van der Waals surface area contributed by atoms with Gasteiger partial charge in [-0.3, -0.25) is 19.7 Å². The average Bonchev–Trinajstić information content (AvgIpc) is 2.86. The lowest BCUT2D eigenvalue weighted by molar-refractivity contribution is -0.385. The molecule has 21 heavy (non-hydrogen) atoms. The molecule has 0 aliphatic heterocycles. The predicted molar refractivity (Wildman–Crippen MR) is 77.0 cm³/mol. The molecule has 8 heteroatoms. The molecule has 112 valence electrons. The van der Waals surface area contributed by atoms with E-state index in [-0.39, 0.29) is 15.7 Å². The fourth-order valence-corrected chi connectivity index (χ4v) is 3.10. The molecular formula is C13H13BrN2O5. The number of carbonyl (C=O) groups is 2. The molecule has 7 nitrogen and oxygen atoms in total. The second-order valence-corrected chi connectivity index (χ2v) is 5.64. The van der Waals surface area contributed by atoms with Crippen molar-refractivity contribution in [2.45, 2.75) is 25.3 Å². The number of hydrogen-bond acceptors (Lipinski definition) is 4. The Kier molecular flexibility index (Phi) is 4.56. The Morgan fingerprint density at radius 1 is 1.38 bits per heavy atom. The molecule has 1 saturated carbocycles.